The van der Waals surface area contributed by atoms with Crippen molar-refractivity contribution < 1.29 is 10.2 Å². The minimum atomic E-state index is -0.367. The van der Waals surface area contributed by atoms with Gasteiger partial charge in [0.2, 0.25) is 0 Å². The van der Waals surface area contributed by atoms with Gasteiger partial charge < -0.3 is 10.2 Å². The maximum Gasteiger partial charge on any atom is 0.0793 e. The summed E-state index contributed by atoms with van der Waals surface area (Å²) in [4.78, 5) is 4.30. The lowest BCUT2D eigenvalue weighted by molar-refractivity contribution is 0.0295. The molecule has 0 amide bonds. The summed E-state index contributed by atoms with van der Waals surface area (Å²) in [6, 6.07) is 10.3. The van der Waals surface area contributed by atoms with Crippen molar-refractivity contribution in [3.63, 3.8) is 0 Å². The van der Waals surface area contributed by atoms with Crippen molar-refractivity contribution in [1.82, 2.24) is 9.80 Å². The second-order valence-corrected chi connectivity index (χ2v) is 5.89. The van der Waals surface area contributed by atoms with Crippen LogP contribution in [0.25, 0.3) is 0 Å². The van der Waals surface area contributed by atoms with Gasteiger partial charge in [0.05, 0.1) is 12.2 Å². The van der Waals surface area contributed by atoms with Gasteiger partial charge in [-0.2, -0.15) is 0 Å². The topological polar surface area (TPSA) is 46.9 Å². The molecule has 1 saturated heterocycles. The molecule has 2 atom stereocenters. The van der Waals surface area contributed by atoms with Gasteiger partial charge in [-0.15, -0.1) is 0 Å². The van der Waals surface area contributed by atoms with Crippen molar-refractivity contribution in [1.29, 1.82) is 0 Å². The van der Waals surface area contributed by atoms with Gasteiger partial charge in [0, 0.05) is 26.2 Å². The highest BCUT2D eigenvalue weighted by Crippen LogP contribution is 2.10. The number of likely N-dealkylation sites (N-methyl/N-ethyl adjacent to an activating group) is 1. The minimum absolute atomic E-state index is 0.224. The fraction of sp³-hybridized carbons (Fsp3) is 0.625. The Labute approximate surface area is 121 Å². The molecular weight excluding hydrogens is 252 g/mol. The highest BCUT2D eigenvalue weighted by Gasteiger charge is 2.20. The Bertz CT molecular complexity index is 385. The van der Waals surface area contributed by atoms with Crippen LogP contribution in [0.15, 0.2) is 30.3 Å². The van der Waals surface area contributed by atoms with Gasteiger partial charge in [-0.3, -0.25) is 9.80 Å². The molecule has 1 heterocycles. The van der Waals surface area contributed by atoms with Gasteiger partial charge >= 0.3 is 0 Å². The largest absolute Gasteiger partial charge is 0.392 e. The molecular formula is C16H26N2O2. The number of likely N-dealkylation sites (tertiary alicyclic amines) is 1. The van der Waals surface area contributed by atoms with E-state index in [1.54, 1.807) is 0 Å². The Morgan fingerprint density at radius 1 is 1.35 bits per heavy atom. The maximum atomic E-state index is 10.2. The van der Waals surface area contributed by atoms with Crippen molar-refractivity contribution in [2.75, 3.05) is 33.2 Å². The normalized spacial score (nSPS) is 22.1. The molecule has 0 bridgehead atoms. The summed E-state index contributed by atoms with van der Waals surface area (Å²) in [5, 5.41) is 19.8. The van der Waals surface area contributed by atoms with Crippen LogP contribution in [0.4, 0.5) is 0 Å². The first-order valence-electron chi connectivity index (χ1n) is 7.44. The molecule has 2 rings (SSSR count). The number of hydrogen-bond acceptors (Lipinski definition) is 4. The molecule has 1 fully saturated rings. The predicted octanol–water partition coefficient (Wildman–Crippen LogP) is 0.936. The number of aliphatic hydroxyl groups excluding tert-OH is 2. The van der Waals surface area contributed by atoms with Crippen LogP contribution in [-0.2, 0) is 6.54 Å². The molecule has 0 spiro atoms. The van der Waals surface area contributed by atoms with E-state index in [9.17, 15) is 10.2 Å². The summed E-state index contributed by atoms with van der Waals surface area (Å²) in [5.74, 6) is 0. The Kier molecular flexibility index (Phi) is 5.98. The number of aliphatic hydroxyl groups is 2. The van der Waals surface area contributed by atoms with Gasteiger partial charge in [0.1, 0.15) is 0 Å². The van der Waals surface area contributed by atoms with Crippen molar-refractivity contribution in [3.05, 3.63) is 35.9 Å². The van der Waals surface area contributed by atoms with Crippen LogP contribution >= 0.6 is 0 Å². The maximum absolute atomic E-state index is 10.2. The average Bonchev–Trinajstić information content (AvgIpc) is 2.39. The average molecular weight is 278 g/mol. The Morgan fingerprint density at radius 3 is 2.80 bits per heavy atom. The lowest BCUT2D eigenvalue weighted by atomic mass is 10.1. The van der Waals surface area contributed by atoms with E-state index in [1.807, 2.05) is 25.2 Å². The molecule has 1 aromatic rings. The van der Waals surface area contributed by atoms with Crippen LogP contribution < -0.4 is 0 Å². The molecule has 112 valence electrons. The zero-order valence-electron chi connectivity index (χ0n) is 12.3. The van der Waals surface area contributed by atoms with Crippen molar-refractivity contribution in [2.45, 2.75) is 31.6 Å². The summed E-state index contributed by atoms with van der Waals surface area (Å²) < 4.78 is 0. The molecule has 1 aliphatic heterocycles. The van der Waals surface area contributed by atoms with Gasteiger partial charge in [0.15, 0.2) is 0 Å². The Balaban J connectivity index is 1.72. The van der Waals surface area contributed by atoms with E-state index in [4.69, 9.17) is 0 Å². The number of nitrogens with zero attached hydrogens (tertiary/aromatic N) is 2. The van der Waals surface area contributed by atoms with Crippen LogP contribution in [0.1, 0.15) is 18.4 Å². The zero-order chi connectivity index (χ0) is 14.4. The number of hydrogen-bond donors (Lipinski definition) is 2. The molecule has 1 aromatic carbocycles. The summed E-state index contributed by atoms with van der Waals surface area (Å²) in [7, 11) is 2.03. The first kappa shape index (κ1) is 15.4. The van der Waals surface area contributed by atoms with Gasteiger partial charge in [0.25, 0.3) is 0 Å². The Morgan fingerprint density at radius 2 is 2.10 bits per heavy atom. The third-order valence-corrected chi connectivity index (χ3v) is 3.77. The van der Waals surface area contributed by atoms with E-state index in [2.05, 4.69) is 21.9 Å². The van der Waals surface area contributed by atoms with E-state index >= 15 is 0 Å². The quantitative estimate of drug-likeness (QED) is 0.813. The van der Waals surface area contributed by atoms with E-state index in [1.165, 1.54) is 5.56 Å². The number of β-amino-alcohol motifs (C(OH)–C–C–N with tert-alkyl or cyclic N) is 2. The van der Waals surface area contributed by atoms with Gasteiger partial charge in [-0.25, -0.2) is 0 Å². The van der Waals surface area contributed by atoms with E-state index < -0.39 is 0 Å². The van der Waals surface area contributed by atoms with Crippen molar-refractivity contribution in [3.8, 4) is 0 Å². The summed E-state index contributed by atoms with van der Waals surface area (Å²) in [6.07, 6.45) is 1.32. The molecule has 2 N–H and O–H groups in total. The van der Waals surface area contributed by atoms with E-state index in [0.717, 1.165) is 25.9 Å². The lowest BCUT2D eigenvalue weighted by Crippen LogP contribution is -2.44. The predicted molar refractivity (Wildman–Crippen MR) is 80.5 cm³/mol. The summed E-state index contributed by atoms with van der Waals surface area (Å²) in [6.45, 7) is 3.83. The van der Waals surface area contributed by atoms with Gasteiger partial charge in [-0.05, 0) is 32.0 Å². The SMILES string of the molecule is CN(Cc1ccccc1)C[C@@H](O)CN1CCC[C@H](O)C1. The van der Waals surface area contributed by atoms with E-state index in [0.29, 0.717) is 19.6 Å². The molecule has 0 unspecified atom stereocenters. The molecule has 1 aliphatic rings. The monoisotopic (exact) mass is 278 g/mol. The van der Waals surface area contributed by atoms with Crippen LogP contribution in [-0.4, -0.2) is 65.4 Å². The lowest BCUT2D eigenvalue weighted by Gasteiger charge is -2.32. The minimum Gasteiger partial charge on any atom is -0.392 e. The highest BCUT2D eigenvalue weighted by atomic mass is 16.3. The first-order chi connectivity index (χ1) is 9.63. The fourth-order valence-corrected chi connectivity index (χ4v) is 2.87. The van der Waals surface area contributed by atoms with Crippen LogP contribution in [0.5, 0.6) is 0 Å². The third-order valence-electron chi connectivity index (χ3n) is 3.77. The number of benzene rings is 1. The zero-order valence-corrected chi connectivity index (χ0v) is 12.3. The van der Waals surface area contributed by atoms with E-state index in [-0.39, 0.29) is 12.2 Å². The number of rotatable bonds is 6. The van der Waals surface area contributed by atoms with Crippen LogP contribution in [0.2, 0.25) is 0 Å². The molecule has 0 aliphatic carbocycles. The van der Waals surface area contributed by atoms with Gasteiger partial charge in [-0.1, -0.05) is 30.3 Å². The Hall–Kier alpha value is -0.940. The summed E-state index contributed by atoms with van der Waals surface area (Å²) in [5.41, 5.74) is 1.26. The highest BCUT2D eigenvalue weighted by molar-refractivity contribution is 5.14. The third kappa shape index (κ3) is 5.21. The van der Waals surface area contributed by atoms with Crippen molar-refractivity contribution >= 4 is 0 Å². The smallest absolute Gasteiger partial charge is 0.0793 e. The van der Waals surface area contributed by atoms with Crippen molar-refractivity contribution in [2.24, 2.45) is 0 Å². The second kappa shape index (κ2) is 7.74. The summed E-state index contributed by atoms with van der Waals surface area (Å²) >= 11 is 0. The standard InChI is InChI=1S/C16H26N2O2/c1-17(10-14-6-3-2-4-7-14)11-16(20)13-18-9-5-8-15(19)12-18/h2-4,6-7,15-16,19-20H,5,8-13H2,1H3/t15-,16+/m0/s1. The number of piperidine rings is 1. The molecule has 0 radical (unpaired) electrons. The first-order valence-corrected chi connectivity index (χ1v) is 7.44. The second-order valence-electron chi connectivity index (χ2n) is 5.89. The molecule has 0 saturated carbocycles. The fourth-order valence-electron chi connectivity index (χ4n) is 2.87. The molecule has 0 aromatic heterocycles. The molecule has 4 nitrogen and oxygen atoms in total. The van der Waals surface area contributed by atoms with Crippen LogP contribution in [0.3, 0.4) is 0 Å². The molecule has 4 heteroatoms. The molecule has 20 heavy (non-hydrogen) atoms. The van der Waals surface area contributed by atoms with Crippen LogP contribution in [0, 0.1) is 0 Å².